The second-order valence-corrected chi connectivity index (χ2v) is 8.24. The van der Waals surface area contributed by atoms with Crippen LogP contribution in [0.4, 0.5) is 0 Å². The number of hydrogen-bond donors (Lipinski definition) is 0. The zero-order chi connectivity index (χ0) is 23.3. The number of ketones is 1. The van der Waals surface area contributed by atoms with Crippen LogP contribution < -0.4 is 0 Å². The molecule has 0 N–H and O–H groups in total. The molecule has 0 aliphatic carbocycles. The Morgan fingerprint density at radius 3 is 2.15 bits per heavy atom. The topological polar surface area (TPSA) is 58.7 Å². The Kier molecular flexibility index (Phi) is 6.51. The predicted octanol–water partition coefficient (Wildman–Crippen LogP) is 6.14. The summed E-state index contributed by atoms with van der Waals surface area (Å²) < 4.78 is 2.11. The zero-order valence-electron chi connectivity index (χ0n) is 19.0. The maximum absolute atomic E-state index is 12.4. The molecule has 33 heavy (non-hydrogen) atoms. The molecular formula is C29H27N3O. The Morgan fingerprint density at radius 2 is 1.67 bits per heavy atom. The molecule has 4 rings (SSSR count). The van der Waals surface area contributed by atoms with Gasteiger partial charge in [-0.1, -0.05) is 74.0 Å². The van der Waals surface area contributed by atoms with E-state index < -0.39 is 5.54 Å². The number of carbonyl (C=O) groups is 1. The van der Waals surface area contributed by atoms with Crippen molar-refractivity contribution in [3.63, 3.8) is 0 Å². The fourth-order valence-electron chi connectivity index (χ4n) is 4.67. The second-order valence-electron chi connectivity index (χ2n) is 8.24. The van der Waals surface area contributed by atoms with E-state index >= 15 is 0 Å². The van der Waals surface area contributed by atoms with Gasteiger partial charge < -0.3 is 4.57 Å². The van der Waals surface area contributed by atoms with Gasteiger partial charge in [0.25, 0.3) is 0 Å². The molecule has 4 nitrogen and oxygen atoms in total. The molecule has 0 bridgehead atoms. The Bertz CT molecular complexity index is 1230. The first-order chi connectivity index (χ1) is 16.1. The molecule has 4 heteroatoms. The average molecular weight is 434 g/mol. The van der Waals surface area contributed by atoms with E-state index in [9.17, 15) is 10.1 Å². The number of rotatable bonds is 8. The summed E-state index contributed by atoms with van der Waals surface area (Å²) in [5.41, 5.74) is 4.32. The number of carbonyl (C=O) groups excluding carboxylic acids is 1. The minimum Gasteiger partial charge on any atom is -0.319 e. The molecule has 0 fully saturated rings. The molecule has 0 atom stereocenters. The fourth-order valence-corrected chi connectivity index (χ4v) is 4.67. The minimum absolute atomic E-state index is 0.0940. The summed E-state index contributed by atoms with van der Waals surface area (Å²) in [4.78, 5) is 16.8. The van der Waals surface area contributed by atoms with Crippen molar-refractivity contribution < 1.29 is 4.79 Å². The van der Waals surface area contributed by atoms with Crippen LogP contribution in [-0.2, 0) is 12.0 Å². The van der Waals surface area contributed by atoms with Crippen molar-refractivity contribution in [3.8, 4) is 6.07 Å². The number of aromatic nitrogens is 2. The summed E-state index contributed by atoms with van der Waals surface area (Å²) >= 11 is 0. The van der Waals surface area contributed by atoms with Crippen LogP contribution in [0.3, 0.4) is 0 Å². The Labute approximate surface area is 195 Å². The van der Waals surface area contributed by atoms with E-state index in [0.29, 0.717) is 11.1 Å². The highest BCUT2D eigenvalue weighted by molar-refractivity contribution is 5.97. The third-order valence-corrected chi connectivity index (χ3v) is 6.21. The lowest BCUT2D eigenvalue weighted by Gasteiger charge is -2.39. The van der Waals surface area contributed by atoms with Gasteiger partial charge in [0, 0.05) is 18.0 Å². The van der Waals surface area contributed by atoms with E-state index in [2.05, 4.69) is 46.8 Å². The standard InChI is InChI=1S/C29H27N3O/c1-3-4-11-23-18-27(22(2)33)24(20-30)19-28(23)29(32-17-16-31-21-32,25-12-7-5-8-13-25)26-14-9-6-10-15-26/h5-10,12-19,21H,3-4,11H2,1-2H3. The van der Waals surface area contributed by atoms with Crippen LogP contribution in [0.15, 0.2) is 91.5 Å². The number of unbranched alkanes of at least 4 members (excludes halogenated alkanes) is 1. The van der Waals surface area contributed by atoms with Gasteiger partial charge in [-0.15, -0.1) is 0 Å². The van der Waals surface area contributed by atoms with Crippen LogP contribution in [-0.4, -0.2) is 15.3 Å². The highest BCUT2D eigenvalue weighted by atomic mass is 16.1. The van der Waals surface area contributed by atoms with Gasteiger partial charge in [0.15, 0.2) is 5.78 Å². The lowest BCUT2D eigenvalue weighted by atomic mass is 9.73. The molecule has 3 aromatic carbocycles. The van der Waals surface area contributed by atoms with Crippen molar-refractivity contribution >= 4 is 5.78 Å². The first kappa shape index (κ1) is 22.2. The van der Waals surface area contributed by atoms with Gasteiger partial charge in [-0.2, -0.15) is 5.26 Å². The summed E-state index contributed by atoms with van der Waals surface area (Å²) in [6.07, 6.45) is 8.40. The van der Waals surface area contributed by atoms with E-state index in [0.717, 1.165) is 41.5 Å². The molecule has 1 aromatic heterocycles. The van der Waals surface area contributed by atoms with Gasteiger partial charge >= 0.3 is 0 Å². The van der Waals surface area contributed by atoms with Crippen molar-refractivity contribution in [1.29, 1.82) is 5.26 Å². The molecule has 0 aliphatic heterocycles. The quantitative estimate of drug-likeness (QED) is 0.248. The van der Waals surface area contributed by atoms with Gasteiger partial charge in [-0.3, -0.25) is 4.79 Å². The average Bonchev–Trinajstić information content (AvgIpc) is 3.40. The molecular weight excluding hydrogens is 406 g/mol. The predicted molar refractivity (Wildman–Crippen MR) is 130 cm³/mol. The summed E-state index contributed by atoms with van der Waals surface area (Å²) in [5.74, 6) is -0.0940. The van der Waals surface area contributed by atoms with Crippen LogP contribution in [0.2, 0.25) is 0 Å². The lowest BCUT2D eigenvalue weighted by Crippen LogP contribution is -2.38. The largest absolute Gasteiger partial charge is 0.319 e. The normalized spacial score (nSPS) is 11.2. The molecule has 0 unspecified atom stereocenters. The van der Waals surface area contributed by atoms with E-state index in [1.165, 1.54) is 6.92 Å². The number of Topliss-reactive ketones (excluding diaryl/α,β-unsaturated/α-hetero) is 1. The van der Waals surface area contributed by atoms with Crippen molar-refractivity contribution in [2.45, 2.75) is 38.6 Å². The first-order valence-electron chi connectivity index (χ1n) is 11.3. The van der Waals surface area contributed by atoms with Gasteiger partial charge in [0.05, 0.1) is 18.0 Å². The number of aryl methyl sites for hydroxylation is 1. The fraction of sp³-hybridized carbons (Fsp3) is 0.207. The van der Waals surface area contributed by atoms with E-state index in [4.69, 9.17) is 0 Å². The van der Waals surface area contributed by atoms with E-state index in [-0.39, 0.29) is 5.78 Å². The summed E-state index contributed by atoms with van der Waals surface area (Å²) in [6, 6.07) is 26.7. The third kappa shape index (κ3) is 3.99. The van der Waals surface area contributed by atoms with Crippen molar-refractivity contribution in [1.82, 2.24) is 9.55 Å². The van der Waals surface area contributed by atoms with Gasteiger partial charge in [0.1, 0.15) is 5.54 Å². The van der Waals surface area contributed by atoms with Crippen LogP contribution in [0.1, 0.15) is 64.9 Å². The van der Waals surface area contributed by atoms with Gasteiger partial charge in [-0.05, 0) is 54.2 Å². The summed E-state index contributed by atoms with van der Waals surface area (Å²) in [7, 11) is 0. The van der Waals surface area contributed by atoms with Gasteiger partial charge in [-0.25, -0.2) is 4.98 Å². The Hall–Kier alpha value is -3.97. The summed E-state index contributed by atoms with van der Waals surface area (Å²) in [6.45, 7) is 3.68. The van der Waals surface area contributed by atoms with Gasteiger partial charge in [0.2, 0.25) is 0 Å². The Morgan fingerprint density at radius 1 is 1.03 bits per heavy atom. The lowest BCUT2D eigenvalue weighted by molar-refractivity contribution is 0.101. The number of imidazole rings is 1. The highest BCUT2D eigenvalue weighted by Crippen LogP contribution is 2.43. The van der Waals surface area contributed by atoms with Crippen LogP contribution in [0, 0.1) is 11.3 Å². The number of nitriles is 1. The number of benzene rings is 3. The van der Waals surface area contributed by atoms with Crippen molar-refractivity contribution in [2.75, 3.05) is 0 Å². The SMILES string of the molecule is CCCCc1cc(C(C)=O)c(C#N)cc1C(c1ccccc1)(c1ccccc1)n1ccnc1. The van der Waals surface area contributed by atoms with Crippen LogP contribution >= 0.6 is 0 Å². The molecule has 0 amide bonds. The van der Waals surface area contributed by atoms with E-state index in [1.807, 2.05) is 61.1 Å². The number of nitrogens with zero attached hydrogens (tertiary/aromatic N) is 3. The molecule has 0 spiro atoms. The van der Waals surface area contributed by atoms with Crippen LogP contribution in [0.5, 0.6) is 0 Å². The molecule has 0 saturated heterocycles. The molecule has 164 valence electrons. The highest BCUT2D eigenvalue weighted by Gasteiger charge is 2.40. The molecule has 0 aliphatic rings. The molecule has 4 aromatic rings. The number of hydrogen-bond acceptors (Lipinski definition) is 3. The maximum atomic E-state index is 12.4. The molecule has 1 heterocycles. The summed E-state index contributed by atoms with van der Waals surface area (Å²) in [5, 5.41) is 9.97. The second kappa shape index (κ2) is 9.67. The van der Waals surface area contributed by atoms with Crippen molar-refractivity contribution in [2.24, 2.45) is 0 Å². The molecule has 0 radical (unpaired) electrons. The maximum Gasteiger partial charge on any atom is 0.161 e. The monoisotopic (exact) mass is 433 g/mol. The third-order valence-electron chi connectivity index (χ3n) is 6.21. The zero-order valence-corrected chi connectivity index (χ0v) is 19.0. The first-order valence-corrected chi connectivity index (χ1v) is 11.3. The smallest absolute Gasteiger partial charge is 0.161 e. The van der Waals surface area contributed by atoms with E-state index in [1.54, 1.807) is 6.20 Å². The Balaban J connectivity index is 2.18. The minimum atomic E-state index is -0.747. The van der Waals surface area contributed by atoms with Crippen molar-refractivity contribution in [3.05, 3.63) is 125 Å². The molecule has 0 saturated carbocycles. The van der Waals surface area contributed by atoms with Crippen LogP contribution in [0.25, 0.3) is 0 Å².